The standard InChI is InChI=1S/C12H19FN2O2S.ClH/c1-3-6-14-7-8-15-18(16,17)12-5-4-11(13)9-10(12)2;/h4-5,9,14-15H,3,6-8H2,1-2H3;1H. The van der Waals surface area contributed by atoms with E-state index in [0.29, 0.717) is 18.7 Å². The van der Waals surface area contributed by atoms with Crippen LogP contribution in [-0.4, -0.2) is 28.1 Å². The monoisotopic (exact) mass is 310 g/mol. The highest BCUT2D eigenvalue weighted by molar-refractivity contribution is 7.89. The zero-order valence-electron chi connectivity index (χ0n) is 11.1. The number of hydrogen-bond acceptors (Lipinski definition) is 3. The molecule has 0 amide bonds. The molecule has 0 radical (unpaired) electrons. The molecule has 0 spiro atoms. The van der Waals surface area contributed by atoms with E-state index in [2.05, 4.69) is 10.0 Å². The maximum atomic E-state index is 12.9. The molecule has 0 aromatic heterocycles. The van der Waals surface area contributed by atoms with Crippen LogP contribution in [-0.2, 0) is 10.0 Å². The molecule has 2 N–H and O–H groups in total. The lowest BCUT2D eigenvalue weighted by molar-refractivity contribution is 0.574. The SMILES string of the molecule is CCCNCCNS(=O)(=O)c1ccc(F)cc1C.Cl. The normalized spacial score (nSPS) is 11.1. The van der Waals surface area contributed by atoms with E-state index in [1.807, 2.05) is 6.92 Å². The number of nitrogens with one attached hydrogen (secondary N) is 2. The van der Waals surface area contributed by atoms with Gasteiger partial charge in [0.2, 0.25) is 10.0 Å². The second kappa shape index (κ2) is 8.47. The Bertz CT molecular complexity index is 495. The highest BCUT2D eigenvalue weighted by atomic mass is 35.5. The minimum atomic E-state index is -3.55. The van der Waals surface area contributed by atoms with Crippen molar-refractivity contribution in [3.05, 3.63) is 29.6 Å². The van der Waals surface area contributed by atoms with Gasteiger partial charge in [-0.25, -0.2) is 17.5 Å². The van der Waals surface area contributed by atoms with Gasteiger partial charge in [0, 0.05) is 13.1 Å². The zero-order chi connectivity index (χ0) is 13.6. The van der Waals surface area contributed by atoms with Gasteiger partial charge in [-0.05, 0) is 43.7 Å². The molecule has 0 saturated carbocycles. The van der Waals surface area contributed by atoms with E-state index in [4.69, 9.17) is 0 Å². The van der Waals surface area contributed by atoms with Gasteiger partial charge in [0.25, 0.3) is 0 Å². The van der Waals surface area contributed by atoms with Gasteiger partial charge in [-0.15, -0.1) is 12.4 Å². The molecule has 0 saturated heterocycles. The summed E-state index contributed by atoms with van der Waals surface area (Å²) in [5, 5.41) is 3.10. The Morgan fingerprint density at radius 3 is 2.47 bits per heavy atom. The summed E-state index contributed by atoms with van der Waals surface area (Å²) >= 11 is 0. The summed E-state index contributed by atoms with van der Waals surface area (Å²) in [6.07, 6.45) is 1.00. The van der Waals surface area contributed by atoms with Gasteiger partial charge in [0.15, 0.2) is 0 Å². The number of sulfonamides is 1. The summed E-state index contributed by atoms with van der Waals surface area (Å²) in [5.74, 6) is -0.434. The molecule has 0 aliphatic rings. The van der Waals surface area contributed by atoms with E-state index in [0.717, 1.165) is 19.0 Å². The molecule has 1 aromatic carbocycles. The van der Waals surface area contributed by atoms with E-state index in [9.17, 15) is 12.8 Å². The Labute approximate surface area is 120 Å². The summed E-state index contributed by atoms with van der Waals surface area (Å²) in [6, 6.07) is 3.65. The van der Waals surface area contributed by atoms with Gasteiger partial charge in [0.1, 0.15) is 5.82 Å². The Hall–Kier alpha value is -0.690. The molecule has 4 nitrogen and oxygen atoms in total. The first-order valence-corrected chi connectivity index (χ1v) is 7.42. The van der Waals surface area contributed by atoms with Gasteiger partial charge in [-0.1, -0.05) is 6.92 Å². The van der Waals surface area contributed by atoms with E-state index in [1.165, 1.54) is 12.1 Å². The largest absolute Gasteiger partial charge is 0.315 e. The lowest BCUT2D eigenvalue weighted by atomic mass is 10.2. The van der Waals surface area contributed by atoms with Crippen LogP contribution in [0.5, 0.6) is 0 Å². The fourth-order valence-corrected chi connectivity index (χ4v) is 2.82. The molecule has 0 fully saturated rings. The molecular formula is C12H20ClFN2O2S. The van der Waals surface area contributed by atoms with Crippen molar-refractivity contribution < 1.29 is 12.8 Å². The molecule has 0 aliphatic heterocycles. The number of rotatable bonds is 7. The Kier molecular flexibility index (Phi) is 8.17. The predicted molar refractivity (Wildman–Crippen MR) is 76.7 cm³/mol. The molecule has 1 rings (SSSR count). The van der Waals surface area contributed by atoms with Crippen LogP contribution in [0.3, 0.4) is 0 Å². The molecule has 0 unspecified atom stereocenters. The van der Waals surface area contributed by atoms with Crippen molar-refractivity contribution in [2.45, 2.75) is 25.2 Å². The van der Waals surface area contributed by atoms with Crippen molar-refractivity contribution in [2.75, 3.05) is 19.6 Å². The summed E-state index contributed by atoms with van der Waals surface area (Å²) in [6.45, 7) is 5.37. The summed E-state index contributed by atoms with van der Waals surface area (Å²) in [5.41, 5.74) is 0.406. The molecule has 19 heavy (non-hydrogen) atoms. The maximum Gasteiger partial charge on any atom is 0.240 e. The molecule has 1 aromatic rings. The van der Waals surface area contributed by atoms with Crippen LogP contribution < -0.4 is 10.0 Å². The topological polar surface area (TPSA) is 58.2 Å². The predicted octanol–water partition coefficient (Wildman–Crippen LogP) is 1.83. The van der Waals surface area contributed by atoms with Crippen molar-refractivity contribution in [3.63, 3.8) is 0 Å². The zero-order valence-corrected chi connectivity index (χ0v) is 12.7. The third-order valence-electron chi connectivity index (χ3n) is 2.45. The van der Waals surface area contributed by atoms with Crippen LogP contribution >= 0.6 is 12.4 Å². The van der Waals surface area contributed by atoms with Crippen LogP contribution in [0.2, 0.25) is 0 Å². The van der Waals surface area contributed by atoms with Crippen molar-refractivity contribution in [1.82, 2.24) is 10.0 Å². The van der Waals surface area contributed by atoms with Crippen LogP contribution in [0, 0.1) is 12.7 Å². The van der Waals surface area contributed by atoms with Gasteiger partial charge >= 0.3 is 0 Å². The first kappa shape index (κ1) is 18.3. The second-order valence-corrected chi connectivity index (χ2v) is 5.79. The number of hydrogen-bond donors (Lipinski definition) is 2. The second-order valence-electron chi connectivity index (χ2n) is 4.06. The maximum absolute atomic E-state index is 12.9. The van der Waals surface area contributed by atoms with Gasteiger partial charge in [-0.2, -0.15) is 0 Å². The average Bonchev–Trinajstić information content (AvgIpc) is 2.28. The van der Waals surface area contributed by atoms with Crippen LogP contribution in [0.25, 0.3) is 0 Å². The van der Waals surface area contributed by atoms with Gasteiger partial charge in [0.05, 0.1) is 4.90 Å². The third kappa shape index (κ3) is 5.86. The lowest BCUT2D eigenvalue weighted by Crippen LogP contribution is -2.32. The van der Waals surface area contributed by atoms with E-state index in [-0.39, 0.29) is 17.3 Å². The summed E-state index contributed by atoms with van der Waals surface area (Å²) in [4.78, 5) is 0.124. The van der Waals surface area contributed by atoms with Crippen LogP contribution in [0.1, 0.15) is 18.9 Å². The molecular weight excluding hydrogens is 291 g/mol. The Morgan fingerprint density at radius 2 is 1.89 bits per heavy atom. The smallest absolute Gasteiger partial charge is 0.240 e. The minimum Gasteiger partial charge on any atom is -0.315 e. The van der Waals surface area contributed by atoms with Crippen molar-refractivity contribution >= 4 is 22.4 Å². The summed E-state index contributed by atoms with van der Waals surface area (Å²) < 4.78 is 39.3. The fourth-order valence-electron chi connectivity index (χ4n) is 1.57. The van der Waals surface area contributed by atoms with Crippen LogP contribution in [0.4, 0.5) is 4.39 Å². The minimum absolute atomic E-state index is 0. The molecule has 110 valence electrons. The number of halogens is 2. The first-order valence-electron chi connectivity index (χ1n) is 5.94. The average molecular weight is 311 g/mol. The summed E-state index contributed by atoms with van der Waals surface area (Å²) in [7, 11) is -3.55. The number of aryl methyl sites for hydroxylation is 1. The highest BCUT2D eigenvalue weighted by Crippen LogP contribution is 2.15. The molecule has 7 heteroatoms. The van der Waals surface area contributed by atoms with Crippen molar-refractivity contribution in [3.8, 4) is 0 Å². The number of benzene rings is 1. The van der Waals surface area contributed by atoms with E-state index < -0.39 is 15.8 Å². The highest BCUT2D eigenvalue weighted by Gasteiger charge is 2.16. The first-order chi connectivity index (χ1) is 8.47. The van der Waals surface area contributed by atoms with E-state index >= 15 is 0 Å². The molecule has 0 bridgehead atoms. The van der Waals surface area contributed by atoms with Gasteiger partial charge < -0.3 is 5.32 Å². The van der Waals surface area contributed by atoms with Gasteiger partial charge in [-0.3, -0.25) is 0 Å². The third-order valence-corrected chi connectivity index (χ3v) is 4.07. The molecule has 0 heterocycles. The van der Waals surface area contributed by atoms with Crippen molar-refractivity contribution in [1.29, 1.82) is 0 Å². The van der Waals surface area contributed by atoms with Crippen LogP contribution in [0.15, 0.2) is 23.1 Å². The Morgan fingerprint density at radius 1 is 1.21 bits per heavy atom. The van der Waals surface area contributed by atoms with E-state index in [1.54, 1.807) is 6.92 Å². The molecule has 0 atom stereocenters. The van der Waals surface area contributed by atoms with Crippen molar-refractivity contribution in [2.24, 2.45) is 0 Å². The molecule has 0 aliphatic carbocycles. The Balaban J connectivity index is 0.00000324. The fraction of sp³-hybridized carbons (Fsp3) is 0.500. The quantitative estimate of drug-likeness (QED) is 0.756. The lowest BCUT2D eigenvalue weighted by Gasteiger charge is -2.09.